The highest BCUT2D eigenvalue weighted by molar-refractivity contribution is 7.89. The van der Waals surface area contributed by atoms with Gasteiger partial charge >= 0.3 is 5.97 Å². The van der Waals surface area contributed by atoms with E-state index in [0.29, 0.717) is 10.2 Å². The van der Waals surface area contributed by atoms with Crippen LogP contribution in [0.5, 0.6) is 11.5 Å². The molecule has 0 bridgehead atoms. The number of carboxylic acid groups (broad SMARTS) is 1. The first-order chi connectivity index (χ1) is 22.4. The second-order valence-corrected chi connectivity index (χ2v) is 12.2. The van der Waals surface area contributed by atoms with E-state index in [4.69, 9.17) is 9.47 Å². The number of anilines is 1. The number of nitrogens with one attached hydrogen (secondary N) is 2. The molecule has 5 rings (SSSR count). The maximum Gasteiger partial charge on any atom is 0.375 e. The molecule has 1 aliphatic rings. The van der Waals surface area contributed by atoms with Crippen LogP contribution in [0.3, 0.4) is 0 Å². The molecular formula is C31H31N7O8S. The summed E-state index contributed by atoms with van der Waals surface area (Å²) in [6.07, 6.45) is -0.0568. The van der Waals surface area contributed by atoms with E-state index in [2.05, 4.69) is 25.8 Å². The van der Waals surface area contributed by atoms with Gasteiger partial charge in [0, 0.05) is 0 Å². The van der Waals surface area contributed by atoms with Crippen molar-refractivity contribution in [1.29, 1.82) is 0 Å². The molecule has 2 amide bonds. The summed E-state index contributed by atoms with van der Waals surface area (Å²) in [5, 5.41) is 16.1. The molecule has 2 heterocycles. The van der Waals surface area contributed by atoms with Gasteiger partial charge in [0.1, 0.15) is 22.7 Å². The zero-order valence-electron chi connectivity index (χ0n) is 25.7. The summed E-state index contributed by atoms with van der Waals surface area (Å²) in [6.45, 7) is 5.42. The number of fused-ring (bicyclic) bond motifs is 1. The smallest absolute Gasteiger partial charge is 0.375 e. The summed E-state index contributed by atoms with van der Waals surface area (Å²) in [5.74, 6) is -3.71. The summed E-state index contributed by atoms with van der Waals surface area (Å²) in [7, 11) is -3.21. The first-order valence-electron chi connectivity index (χ1n) is 14.3. The van der Waals surface area contributed by atoms with Crippen molar-refractivity contribution in [3.63, 3.8) is 0 Å². The number of amidine groups is 1. The van der Waals surface area contributed by atoms with Crippen molar-refractivity contribution >= 4 is 45.0 Å². The molecule has 2 atom stereocenters. The van der Waals surface area contributed by atoms with E-state index in [9.17, 15) is 27.9 Å². The number of hydrogen-bond acceptors (Lipinski definition) is 10. The number of aromatic carboxylic acids is 1. The number of aryl methyl sites for hydroxylation is 2. The van der Waals surface area contributed by atoms with Crippen LogP contribution in [-0.4, -0.2) is 69.5 Å². The van der Waals surface area contributed by atoms with Gasteiger partial charge in [-0.3, -0.25) is 9.59 Å². The lowest BCUT2D eigenvalue weighted by molar-refractivity contribution is -0.130. The number of carbonyl (C=O) groups is 3. The van der Waals surface area contributed by atoms with Gasteiger partial charge in [-0.25, -0.2) is 24.9 Å². The van der Waals surface area contributed by atoms with Crippen molar-refractivity contribution in [2.75, 3.05) is 12.4 Å². The Kier molecular flexibility index (Phi) is 9.23. The molecule has 47 heavy (non-hydrogen) atoms. The topological polar surface area (TPSA) is 194 Å². The van der Waals surface area contributed by atoms with Gasteiger partial charge in [0.15, 0.2) is 18.0 Å². The summed E-state index contributed by atoms with van der Waals surface area (Å²) in [4.78, 5) is 47.5. The zero-order valence-corrected chi connectivity index (χ0v) is 26.6. The van der Waals surface area contributed by atoms with Crippen molar-refractivity contribution in [1.82, 2.24) is 24.6 Å². The third kappa shape index (κ3) is 6.62. The molecule has 1 aliphatic heterocycles. The Bertz CT molecular complexity index is 1990. The van der Waals surface area contributed by atoms with Crippen LogP contribution < -0.4 is 20.2 Å². The highest BCUT2D eigenvalue weighted by Crippen LogP contribution is 2.35. The van der Waals surface area contributed by atoms with Crippen molar-refractivity contribution in [3.05, 3.63) is 90.0 Å². The van der Waals surface area contributed by atoms with Crippen LogP contribution in [0.1, 0.15) is 41.1 Å². The van der Waals surface area contributed by atoms with Gasteiger partial charge in [-0.15, -0.1) is 5.10 Å². The molecule has 244 valence electrons. The van der Waals surface area contributed by atoms with Crippen molar-refractivity contribution in [3.8, 4) is 11.5 Å². The standard InChI is InChI=1S/C31H31N7O8S/c1-5-22(46-23-15-14-18(2)16-19(23)3)29(39)36-38-28(33-21-11-7-9-13-25(21)47(38,43)44)26(37-17-32-27(35-37)31(41)42)30(40)34-20-10-6-8-12-24(20)45-4/h6-17,22,26H,5H2,1-4H3,(H,34,40)(H,36,39)(H,41,42). The number of amides is 2. The lowest BCUT2D eigenvalue weighted by atomic mass is 10.1. The number of ether oxygens (including phenoxy) is 2. The van der Waals surface area contributed by atoms with Crippen molar-refractivity contribution in [2.24, 2.45) is 4.99 Å². The Morgan fingerprint density at radius 2 is 1.70 bits per heavy atom. The number of aromatic nitrogens is 3. The number of nitrogens with zero attached hydrogens (tertiary/aromatic N) is 5. The van der Waals surface area contributed by atoms with E-state index in [1.165, 1.54) is 25.3 Å². The number of aliphatic imine (C=N–C) groups is 1. The van der Waals surface area contributed by atoms with Gasteiger partial charge in [-0.1, -0.05) is 48.9 Å². The van der Waals surface area contributed by atoms with Gasteiger partial charge < -0.3 is 19.9 Å². The first-order valence-corrected chi connectivity index (χ1v) is 15.7. The summed E-state index contributed by atoms with van der Waals surface area (Å²) >= 11 is 0. The fourth-order valence-corrected chi connectivity index (χ4v) is 6.25. The quantitative estimate of drug-likeness (QED) is 0.214. The molecule has 1 aromatic heterocycles. The minimum atomic E-state index is -4.60. The van der Waals surface area contributed by atoms with E-state index in [-0.39, 0.29) is 28.4 Å². The predicted octanol–water partition coefficient (Wildman–Crippen LogP) is 3.40. The average molecular weight is 662 g/mol. The number of sulfonamides is 1. The minimum Gasteiger partial charge on any atom is -0.495 e. The average Bonchev–Trinajstić information content (AvgIpc) is 3.53. The largest absolute Gasteiger partial charge is 0.495 e. The Morgan fingerprint density at radius 1 is 0.979 bits per heavy atom. The predicted molar refractivity (Wildman–Crippen MR) is 169 cm³/mol. The van der Waals surface area contributed by atoms with Crippen molar-refractivity contribution < 1.29 is 37.4 Å². The van der Waals surface area contributed by atoms with E-state index in [0.717, 1.165) is 22.1 Å². The van der Waals surface area contributed by atoms with Crippen LogP contribution >= 0.6 is 0 Å². The number of para-hydroxylation sites is 3. The fourth-order valence-electron chi connectivity index (χ4n) is 4.83. The molecular weight excluding hydrogens is 630 g/mol. The molecule has 4 aromatic rings. The monoisotopic (exact) mass is 661 g/mol. The first kappa shape index (κ1) is 32.6. The molecule has 3 N–H and O–H groups in total. The van der Waals surface area contributed by atoms with E-state index in [1.54, 1.807) is 43.3 Å². The molecule has 16 heteroatoms. The van der Waals surface area contributed by atoms with Gasteiger partial charge in [0.05, 0.1) is 18.5 Å². The Balaban J connectivity index is 1.61. The second kappa shape index (κ2) is 13.3. The van der Waals surface area contributed by atoms with E-state index < -0.39 is 51.6 Å². The maximum atomic E-state index is 14.1. The third-order valence-electron chi connectivity index (χ3n) is 7.12. The van der Waals surface area contributed by atoms with Crippen LogP contribution in [-0.2, 0) is 19.6 Å². The summed E-state index contributed by atoms with van der Waals surface area (Å²) in [5.41, 5.74) is 4.34. The third-order valence-corrected chi connectivity index (χ3v) is 8.78. The van der Waals surface area contributed by atoms with Gasteiger partial charge in [0.2, 0.25) is 0 Å². The van der Waals surface area contributed by atoms with E-state index in [1.807, 2.05) is 26.0 Å². The second-order valence-electron chi connectivity index (χ2n) is 10.4. The van der Waals surface area contributed by atoms with Gasteiger partial charge in [0.25, 0.3) is 27.7 Å². The van der Waals surface area contributed by atoms with Crippen LogP contribution in [0.2, 0.25) is 0 Å². The number of methoxy groups -OCH3 is 1. The van der Waals surface area contributed by atoms with E-state index >= 15 is 0 Å². The number of hydrogen-bond donors (Lipinski definition) is 3. The normalized spacial score (nSPS) is 14.6. The molecule has 3 aromatic carbocycles. The molecule has 2 unspecified atom stereocenters. The lowest BCUT2D eigenvalue weighted by Crippen LogP contribution is -2.57. The highest BCUT2D eigenvalue weighted by Gasteiger charge is 2.44. The zero-order chi connectivity index (χ0) is 33.9. The Morgan fingerprint density at radius 3 is 2.38 bits per heavy atom. The maximum absolute atomic E-state index is 14.1. The lowest BCUT2D eigenvalue weighted by Gasteiger charge is -2.33. The molecule has 0 aliphatic carbocycles. The molecule has 15 nitrogen and oxygen atoms in total. The van der Waals surface area contributed by atoms with Crippen LogP contribution in [0.4, 0.5) is 11.4 Å². The fraction of sp³-hybridized carbons (Fsp3) is 0.226. The molecule has 0 saturated heterocycles. The van der Waals surface area contributed by atoms with Crippen LogP contribution in [0.15, 0.2) is 82.9 Å². The molecule has 0 radical (unpaired) electrons. The van der Waals surface area contributed by atoms with Crippen LogP contribution in [0.25, 0.3) is 0 Å². The summed E-state index contributed by atoms with van der Waals surface area (Å²) in [6, 6.07) is 15.8. The number of carbonyl (C=O) groups excluding carboxylic acids is 2. The minimum absolute atomic E-state index is 0.0276. The SMILES string of the molecule is CCC(Oc1ccc(C)cc1C)C(=O)NN1C(C(C(=O)Nc2ccccc2OC)n2cnc(C(=O)O)n2)=Nc2ccccc2S1(=O)=O. The highest BCUT2D eigenvalue weighted by atomic mass is 32.2. The molecule has 0 saturated carbocycles. The van der Waals surface area contributed by atoms with Crippen LogP contribution in [0, 0.1) is 13.8 Å². The Labute approximate surface area is 269 Å². The number of benzene rings is 3. The number of hydrazine groups is 1. The number of rotatable bonds is 11. The van der Waals surface area contributed by atoms with Crippen molar-refractivity contribution in [2.45, 2.75) is 44.2 Å². The Hall–Kier alpha value is -5.77. The molecule has 0 spiro atoms. The number of carboxylic acids is 1. The molecule has 0 fully saturated rings. The van der Waals surface area contributed by atoms with Gasteiger partial charge in [-0.2, -0.15) is 12.8 Å². The van der Waals surface area contributed by atoms with Gasteiger partial charge in [-0.05, 0) is 56.2 Å². The summed E-state index contributed by atoms with van der Waals surface area (Å²) < 4.78 is 40.9.